The van der Waals surface area contributed by atoms with E-state index in [0.717, 1.165) is 24.6 Å². The molecule has 1 aliphatic carbocycles. The molecular weight excluding hydrogens is 237 g/mol. The van der Waals surface area contributed by atoms with Gasteiger partial charge in [0.15, 0.2) is 0 Å². The molecule has 2 heteroatoms. The standard InChI is InChI=1S/C17H26FN/c1-14(2)11-17(8-3-4-9-17)13-19-12-15-6-5-7-16(18)10-15/h5-7,10,14,19H,3-4,8-9,11-13H2,1-2H3. The van der Waals surface area contributed by atoms with Crippen LogP contribution >= 0.6 is 0 Å². The lowest BCUT2D eigenvalue weighted by Gasteiger charge is -2.31. The molecule has 1 fully saturated rings. The molecule has 1 aliphatic rings. The minimum atomic E-state index is -0.142. The van der Waals surface area contributed by atoms with Crippen molar-refractivity contribution in [2.75, 3.05) is 6.54 Å². The molecule has 1 saturated carbocycles. The predicted molar refractivity (Wildman–Crippen MR) is 78.5 cm³/mol. The Labute approximate surface area is 116 Å². The van der Waals surface area contributed by atoms with Crippen LogP contribution in [0.25, 0.3) is 0 Å². The van der Waals surface area contributed by atoms with Gasteiger partial charge in [-0.1, -0.05) is 38.8 Å². The zero-order chi connectivity index (χ0) is 13.7. The molecule has 0 amide bonds. The van der Waals surface area contributed by atoms with Crippen molar-refractivity contribution in [1.29, 1.82) is 0 Å². The average Bonchev–Trinajstić information content (AvgIpc) is 2.77. The lowest BCUT2D eigenvalue weighted by Crippen LogP contribution is -2.33. The minimum Gasteiger partial charge on any atom is -0.312 e. The van der Waals surface area contributed by atoms with Crippen LogP contribution < -0.4 is 5.32 Å². The van der Waals surface area contributed by atoms with Crippen molar-refractivity contribution in [2.24, 2.45) is 11.3 Å². The zero-order valence-corrected chi connectivity index (χ0v) is 12.2. The van der Waals surface area contributed by atoms with Crippen molar-refractivity contribution in [3.8, 4) is 0 Å². The second-order valence-electron chi connectivity index (χ2n) is 6.54. The first kappa shape index (κ1) is 14.5. The summed E-state index contributed by atoms with van der Waals surface area (Å²) in [6.45, 7) is 6.47. The van der Waals surface area contributed by atoms with E-state index in [2.05, 4.69) is 19.2 Å². The third-order valence-electron chi connectivity index (χ3n) is 4.22. The summed E-state index contributed by atoms with van der Waals surface area (Å²) in [6, 6.07) is 6.89. The van der Waals surface area contributed by atoms with Crippen LogP contribution in [0.5, 0.6) is 0 Å². The van der Waals surface area contributed by atoms with Gasteiger partial charge in [0.2, 0.25) is 0 Å². The normalized spacial score (nSPS) is 18.1. The van der Waals surface area contributed by atoms with Gasteiger partial charge in [-0.25, -0.2) is 4.39 Å². The summed E-state index contributed by atoms with van der Waals surface area (Å²) >= 11 is 0. The Morgan fingerprint density at radius 2 is 2.00 bits per heavy atom. The van der Waals surface area contributed by atoms with E-state index in [0.29, 0.717) is 5.41 Å². The predicted octanol–water partition coefficient (Wildman–Crippen LogP) is 4.52. The van der Waals surface area contributed by atoms with Gasteiger partial charge in [0.25, 0.3) is 0 Å². The van der Waals surface area contributed by atoms with Gasteiger partial charge in [0, 0.05) is 13.1 Å². The molecule has 0 spiro atoms. The van der Waals surface area contributed by atoms with E-state index < -0.39 is 0 Å². The molecule has 19 heavy (non-hydrogen) atoms. The molecule has 0 aromatic heterocycles. The fourth-order valence-electron chi connectivity index (χ4n) is 3.56. The highest BCUT2D eigenvalue weighted by Gasteiger charge is 2.33. The number of nitrogens with one attached hydrogen (secondary N) is 1. The topological polar surface area (TPSA) is 12.0 Å². The highest BCUT2D eigenvalue weighted by molar-refractivity contribution is 5.16. The van der Waals surface area contributed by atoms with E-state index in [4.69, 9.17) is 0 Å². The Hall–Kier alpha value is -0.890. The van der Waals surface area contributed by atoms with E-state index in [9.17, 15) is 4.39 Å². The van der Waals surface area contributed by atoms with Gasteiger partial charge < -0.3 is 5.32 Å². The Morgan fingerprint density at radius 3 is 2.63 bits per heavy atom. The summed E-state index contributed by atoms with van der Waals surface area (Å²) in [4.78, 5) is 0. The van der Waals surface area contributed by atoms with E-state index in [-0.39, 0.29) is 5.82 Å². The largest absolute Gasteiger partial charge is 0.312 e. The molecule has 0 aliphatic heterocycles. The van der Waals surface area contributed by atoms with Gasteiger partial charge in [-0.05, 0) is 48.3 Å². The van der Waals surface area contributed by atoms with Crippen molar-refractivity contribution in [2.45, 2.75) is 52.5 Å². The van der Waals surface area contributed by atoms with Crippen LogP contribution in [0.15, 0.2) is 24.3 Å². The number of rotatable bonds is 6. The number of hydrogen-bond donors (Lipinski definition) is 1. The molecule has 0 radical (unpaired) electrons. The molecule has 2 rings (SSSR count). The fraction of sp³-hybridized carbons (Fsp3) is 0.647. The summed E-state index contributed by atoms with van der Waals surface area (Å²) in [7, 11) is 0. The summed E-state index contributed by atoms with van der Waals surface area (Å²) in [5, 5.41) is 3.55. The SMILES string of the molecule is CC(C)CC1(CNCc2cccc(F)c2)CCCC1. The maximum absolute atomic E-state index is 13.1. The Morgan fingerprint density at radius 1 is 1.26 bits per heavy atom. The Bertz CT molecular complexity index is 394. The Balaban J connectivity index is 1.86. The maximum atomic E-state index is 13.1. The summed E-state index contributed by atoms with van der Waals surface area (Å²) in [6.07, 6.45) is 6.74. The Kier molecular flexibility index (Phi) is 4.98. The van der Waals surface area contributed by atoms with Crippen LogP contribution in [-0.4, -0.2) is 6.54 Å². The van der Waals surface area contributed by atoms with Crippen molar-refractivity contribution in [3.05, 3.63) is 35.6 Å². The fourth-order valence-corrected chi connectivity index (χ4v) is 3.56. The molecular formula is C17H26FN. The van der Waals surface area contributed by atoms with Gasteiger partial charge >= 0.3 is 0 Å². The third kappa shape index (κ3) is 4.31. The molecule has 1 aromatic carbocycles. The molecule has 106 valence electrons. The van der Waals surface area contributed by atoms with Gasteiger partial charge in [0.05, 0.1) is 0 Å². The van der Waals surface area contributed by atoms with Gasteiger partial charge in [-0.2, -0.15) is 0 Å². The van der Waals surface area contributed by atoms with E-state index >= 15 is 0 Å². The smallest absolute Gasteiger partial charge is 0.123 e. The van der Waals surface area contributed by atoms with Gasteiger partial charge in [-0.15, -0.1) is 0 Å². The first-order valence-corrected chi connectivity index (χ1v) is 7.55. The lowest BCUT2D eigenvalue weighted by atomic mass is 9.78. The van der Waals surface area contributed by atoms with E-state index in [1.807, 2.05) is 6.07 Å². The average molecular weight is 263 g/mol. The number of halogens is 1. The molecule has 1 nitrogen and oxygen atoms in total. The highest BCUT2D eigenvalue weighted by Crippen LogP contribution is 2.42. The summed E-state index contributed by atoms with van der Waals surface area (Å²) in [5.41, 5.74) is 1.53. The highest BCUT2D eigenvalue weighted by atomic mass is 19.1. The first-order chi connectivity index (χ1) is 9.10. The number of benzene rings is 1. The van der Waals surface area contributed by atoms with Crippen molar-refractivity contribution < 1.29 is 4.39 Å². The van der Waals surface area contributed by atoms with E-state index in [1.54, 1.807) is 12.1 Å². The molecule has 1 N–H and O–H groups in total. The van der Waals surface area contributed by atoms with Crippen LogP contribution in [0.1, 0.15) is 51.5 Å². The van der Waals surface area contributed by atoms with Crippen LogP contribution in [0.4, 0.5) is 4.39 Å². The maximum Gasteiger partial charge on any atom is 0.123 e. The number of hydrogen-bond acceptors (Lipinski definition) is 1. The zero-order valence-electron chi connectivity index (χ0n) is 12.2. The van der Waals surface area contributed by atoms with Crippen molar-refractivity contribution in [1.82, 2.24) is 5.32 Å². The lowest BCUT2D eigenvalue weighted by molar-refractivity contribution is 0.223. The summed E-state index contributed by atoms with van der Waals surface area (Å²) in [5.74, 6) is 0.617. The monoisotopic (exact) mass is 263 g/mol. The van der Waals surface area contributed by atoms with Crippen LogP contribution in [0.2, 0.25) is 0 Å². The molecule has 0 atom stereocenters. The van der Waals surface area contributed by atoms with Gasteiger partial charge in [-0.3, -0.25) is 0 Å². The molecule has 0 saturated heterocycles. The van der Waals surface area contributed by atoms with Gasteiger partial charge in [0.1, 0.15) is 5.82 Å². The van der Waals surface area contributed by atoms with Crippen LogP contribution in [-0.2, 0) is 6.54 Å². The molecule has 0 heterocycles. The second-order valence-corrected chi connectivity index (χ2v) is 6.54. The summed E-state index contributed by atoms with van der Waals surface area (Å²) < 4.78 is 13.1. The molecule has 1 aromatic rings. The second kappa shape index (κ2) is 6.51. The van der Waals surface area contributed by atoms with Crippen LogP contribution in [0, 0.1) is 17.2 Å². The first-order valence-electron chi connectivity index (χ1n) is 7.55. The third-order valence-corrected chi connectivity index (χ3v) is 4.22. The van der Waals surface area contributed by atoms with Crippen molar-refractivity contribution >= 4 is 0 Å². The molecule has 0 unspecified atom stereocenters. The molecule has 0 bridgehead atoms. The van der Waals surface area contributed by atoms with E-state index in [1.165, 1.54) is 38.2 Å². The van der Waals surface area contributed by atoms with Crippen molar-refractivity contribution in [3.63, 3.8) is 0 Å². The van der Waals surface area contributed by atoms with Crippen LogP contribution in [0.3, 0.4) is 0 Å². The minimum absolute atomic E-state index is 0.142. The quantitative estimate of drug-likeness (QED) is 0.795.